The fourth-order valence-electron chi connectivity index (χ4n) is 4.04. The zero-order valence-corrected chi connectivity index (χ0v) is 17.5. The van der Waals surface area contributed by atoms with E-state index in [2.05, 4.69) is 9.97 Å². The number of aliphatic hydroxyl groups is 2. The van der Waals surface area contributed by atoms with Crippen molar-refractivity contribution in [1.82, 2.24) is 9.97 Å². The first-order valence-corrected chi connectivity index (χ1v) is 10.7. The van der Waals surface area contributed by atoms with Crippen molar-refractivity contribution in [3.63, 3.8) is 0 Å². The van der Waals surface area contributed by atoms with Gasteiger partial charge in [0, 0.05) is 28.8 Å². The summed E-state index contributed by atoms with van der Waals surface area (Å²) in [5.41, 5.74) is 4.11. The normalized spacial score (nSPS) is 17.6. The number of nitrogens with zero attached hydrogens (tertiary/aromatic N) is 2. The van der Waals surface area contributed by atoms with E-state index in [1.54, 1.807) is 12.3 Å². The topological polar surface area (TPSA) is 84.7 Å². The highest BCUT2D eigenvalue weighted by Crippen LogP contribution is 2.39. The minimum absolute atomic E-state index is 0.0329. The van der Waals surface area contributed by atoms with E-state index in [1.165, 1.54) is 0 Å². The van der Waals surface area contributed by atoms with Crippen molar-refractivity contribution in [2.24, 2.45) is 5.92 Å². The van der Waals surface area contributed by atoms with Crippen LogP contribution in [0.15, 0.2) is 72.9 Å². The molecule has 4 aromatic rings. The summed E-state index contributed by atoms with van der Waals surface area (Å²) in [6.07, 6.45) is 1.54. The number of aromatic nitrogens is 2. The maximum absolute atomic E-state index is 11.0. The molecule has 0 spiro atoms. The molecule has 0 bridgehead atoms. The van der Waals surface area contributed by atoms with Crippen molar-refractivity contribution < 1.29 is 19.7 Å². The van der Waals surface area contributed by atoms with E-state index in [-0.39, 0.29) is 12.5 Å². The van der Waals surface area contributed by atoms with Gasteiger partial charge in [-0.15, -0.1) is 0 Å². The highest BCUT2D eigenvalue weighted by molar-refractivity contribution is 5.78. The Balaban J connectivity index is 1.30. The van der Waals surface area contributed by atoms with Crippen LogP contribution in [0.1, 0.15) is 28.6 Å². The van der Waals surface area contributed by atoms with Gasteiger partial charge >= 0.3 is 0 Å². The van der Waals surface area contributed by atoms with Gasteiger partial charge in [0.05, 0.1) is 30.5 Å². The minimum Gasteiger partial charge on any atom is -0.493 e. The molecule has 0 saturated carbocycles. The molecule has 0 radical (unpaired) electrons. The Labute approximate surface area is 186 Å². The molecule has 2 atom stereocenters. The predicted molar refractivity (Wildman–Crippen MR) is 120 cm³/mol. The first-order valence-electron chi connectivity index (χ1n) is 10.7. The number of aliphatic hydroxyl groups excluding tert-OH is 2. The Kier molecular flexibility index (Phi) is 5.71. The van der Waals surface area contributed by atoms with Gasteiger partial charge < -0.3 is 19.7 Å². The van der Waals surface area contributed by atoms with Gasteiger partial charge in [-0.25, -0.2) is 4.98 Å². The lowest BCUT2D eigenvalue weighted by molar-refractivity contribution is 0.0499. The third kappa shape index (κ3) is 4.28. The second-order valence-corrected chi connectivity index (χ2v) is 8.02. The molecule has 1 aliphatic rings. The molecule has 0 saturated heterocycles. The van der Waals surface area contributed by atoms with Crippen molar-refractivity contribution in [1.29, 1.82) is 0 Å². The van der Waals surface area contributed by atoms with Crippen LogP contribution in [0.2, 0.25) is 0 Å². The van der Waals surface area contributed by atoms with E-state index < -0.39 is 6.10 Å². The zero-order chi connectivity index (χ0) is 21.9. The molecule has 0 amide bonds. The third-order valence-corrected chi connectivity index (χ3v) is 5.78. The Morgan fingerprint density at radius 1 is 1.00 bits per heavy atom. The summed E-state index contributed by atoms with van der Waals surface area (Å²) in [5, 5.41) is 21.5. The van der Waals surface area contributed by atoms with Gasteiger partial charge in [0.15, 0.2) is 0 Å². The molecule has 1 aliphatic heterocycles. The Morgan fingerprint density at radius 2 is 1.91 bits per heavy atom. The minimum atomic E-state index is -0.694. The lowest BCUT2D eigenvalue weighted by Gasteiger charge is -2.30. The summed E-state index contributed by atoms with van der Waals surface area (Å²) in [6, 6.07) is 21.1. The Bertz CT molecular complexity index is 1240. The van der Waals surface area contributed by atoms with Gasteiger partial charge in [-0.1, -0.05) is 24.3 Å². The smallest absolute Gasteiger partial charge is 0.130 e. The van der Waals surface area contributed by atoms with Crippen LogP contribution >= 0.6 is 0 Å². The molecular formula is C26H24N2O4. The van der Waals surface area contributed by atoms with E-state index in [1.807, 2.05) is 60.7 Å². The first-order chi connectivity index (χ1) is 15.7. The van der Waals surface area contributed by atoms with E-state index in [0.29, 0.717) is 36.7 Å². The molecular weight excluding hydrogens is 404 g/mol. The van der Waals surface area contributed by atoms with Gasteiger partial charge in [-0.05, 0) is 54.4 Å². The van der Waals surface area contributed by atoms with Crippen molar-refractivity contribution in [2.45, 2.75) is 25.7 Å². The number of rotatable bonds is 6. The monoisotopic (exact) mass is 428 g/mol. The van der Waals surface area contributed by atoms with E-state index in [0.717, 1.165) is 27.9 Å². The molecule has 3 heterocycles. The standard InChI is InChI=1S/C26H24N2O4/c29-14-17-9-10-27-21(11-17)12-19-15-32-25-8-7-22(13-23(25)26(19)30)31-16-20-6-5-18-3-1-2-4-24(18)28-20/h1-11,13,19,26,29-30H,12,14-16H2. The number of hydrogen-bond donors (Lipinski definition) is 2. The number of fused-ring (bicyclic) bond motifs is 2. The van der Waals surface area contributed by atoms with Crippen molar-refractivity contribution in [3.8, 4) is 11.5 Å². The second-order valence-electron chi connectivity index (χ2n) is 8.02. The molecule has 2 aromatic carbocycles. The maximum atomic E-state index is 11.0. The number of hydrogen-bond acceptors (Lipinski definition) is 6. The molecule has 2 N–H and O–H groups in total. The fraction of sp³-hybridized carbons (Fsp3) is 0.231. The second kappa shape index (κ2) is 8.94. The molecule has 162 valence electrons. The van der Waals surface area contributed by atoms with E-state index >= 15 is 0 Å². The molecule has 6 heteroatoms. The lowest BCUT2D eigenvalue weighted by atomic mass is 9.89. The van der Waals surface area contributed by atoms with Crippen LogP contribution in [-0.2, 0) is 19.6 Å². The largest absolute Gasteiger partial charge is 0.493 e. The molecule has 5 rings (SSSR count). The molecule has 0 aliphatic carbocycles. The summed E-state index contributed by atoms with van der Waals surface area (Å²) >= 11 is 0. The number of ether oxygens (including phenoxy) is 2. The van der Waals surface area contributed by atoms with Gasteiger partial charge in [-0.2, -0.15) is 0 Å². The van der Waals surface area contributed by atoms with Crippen LogP contribution in [0.4, 0.5) is 0 Å². The fourth-order valence-corrected chi connectivity index (χ4v) is 4.04. The van der Waals surface area contributed by atoms with E-state index in [9.17, 15) is 10.2 Å². The summed E-state index contributed by atoms with van der Waals surface area (Å²) < 4.78 is 11.9. The average molecular weight is 428 g/mol. The van der Waals surface area contributed by atoms with Crippen LogP contribution in [0.5, 0.6) is 11.5 Å². The number of benzene rings is 2. The van der Waals surface area contributed by atoms with Crippen LogP contribution in [-0.4, -0.2) is 26.8 Å². The summed E-state index contributed by atoms with van der Waals surface area (Å²) in [7, 11) is 0. The number of pyridine rings is 2. The highest BCUT2D eigenvalue weighted by Gasteiger charge is 2.30. The van der Waals surface area contributed by atoms with E-state index in [4.69, 9.17) is 9.47 Å². The third-order valence-electron chi connectivity index (χ3n) is 5.78. The maximum Gasteiger partial charge on any atom is 0.130 e. The van der Waals surface area contributed by atoms with Crippen LogP contribution < -0.4 is 9.47 Å². The molecule has 0 fully saturated rings. The molecule has 32 heavy (non-hydrogen) atoms. The molecule has 2 aromatic heterocycles. The van der Waals surface area contributed by atoms with Gasteiger partial charge in [-0.3, -0.25) is 4.98 Å². The van der Waals surface area contributed by atoms with Gasteiger partial charge in [0.1, 0.15) is 18.1 Å². The zero-order valence-electron chi connectivity index (χ0n) is 17.5. The van der Waals surface area contributed by atoms with Crippen LogP contribution in [0, 0.1) is 5.92 Å². The summed E-state index contributed by atoms with van der Waals surface area (Å²) in [4.78, 5) is 9.01. The SMILES string of the molecule is OCc1ccnc(CC2COc3ccc(OCc4ccc5ccccc5n4)cc3C2O)c1. The van der Waals surface area contributed by atoms with Crippen molar-refractivity contribution in [3.05, 3.63) is 95.4 Å². The average Bonchev–Trinajstić information content (AvgIpc) is 2.84. The van der Waals surface area contributed by atoms with Gasteiger partial charge in [0.25, 0.3) is 0 Å². The van der Waals surface area contributed by atoms with Crippen LogP contribution in [0.3, 0.4) is 0 Å². The summed E-state index contributed by atoms with van der Waals surface area (Å²) in [5.74, 6) is 1.19. The molecule has 2 unspecified atom stereocenters. The van der Waals surface area contributed by atoms with Crippen LogP contribution in [0.25, 0.3) is 10.9 Å². The molecule has 6 nitrogen and oxygen atoms in total. The first kappa shape index (κ1) is 20.4. The Hall–Kier alpha value is -3.48. The quantitative estimate of drug-likeness (QED) is 0.483. The number of para-hydroxylation sites is 1. The lowest BCUT2D eigenvalue weighted by Crippen LogP contribution is -2.28. The van der Waals surface area contributed by atoms with Crippen molar-refractivity contribution in [2.75, 3.05) is 6.61 Å². The highest BCUT2D eigenvalue weighted by atomic mass is 16.5. The predicted octanol–water partition coefficient (Wildman–Crippen LogP) is 3.99. The van der Waals surface area contributed by atoms with Crippen molar-refractivity contribution >= 4 is 10.9 Å². The summed E-state index contributed by atoms with van der Waals surface area (Å²) in [6.45, 7) is 0.705. The van der Waals surface area contributed by atoms with Gasteiger partial charge in [0.2, 0.25) is 0 Å². The Morgan fingerprint density at radius 3 is 2.81 bits per heavy atom.